The molecule has 0 atom stereocenters. The van der Waals surface area contributed by atoms with E-state index in [0.717, 1.165) is 35.4 Å². The molecule has 0 saturated carbocycles. The van der Waals surface area contributed by atoms with E-state index in [4.69, 9.17) is 9.84 Å². The Hall–Kier alpha value is -2.30. The van der Waals surface area contributed by atoms with E-state index in [1.54, 1.807) is 17.8 Å². The first kappa shape index (κ1) is 13.7. The summed E-state index contributed by atoms with van der Waals surface area (Å²) < 4.78 is 7.73. The topological polar surface area (TPSA) is 64.4 Å². The maximum absolute atomic E-state index is 11.1. The van der Waals surface area contributed by atoms with Gasteiger partial charge in [0, 0.05) is 12.6 Å². The molecule has 21 heavy (non-hydrogen) atoms. The quantitative estimate of drug-likeness (QED) is 0.922. The van der Waals surface area contributed by atoms with E-state index in [2.05, 4.69) is 25.0 Å². The molecule has 0 amide bonds. The molecule has 2 aromatic rings. The van der Waals surface area contributed by atoms with Crippen LogP contribution in [0.1, 0.15) is 36.3 Å². The molecule has 0 fully saturated rings. The fourth-order valence-electron chi connectivity index (χ4n) is 2.69. The van der Waals surface area contributed by atoms with Gasteiger partial charge in [-0.2, -0.15) is 5.10 Å². The molecule has 0 unspecified atom stereocenters. The Morgan fingerprint density at radius 2 is 2.19 bits per heavy atom. The lowest BCUT2D eigenvalue weighted by Crippen LogP contribution is -2.32. The molecule has 3 rings (SSSR count). The molecular weight excluding hydrogens is 268 g/mol. The molecule has 1 aliphatic rings. The van der Waals surface area contributed by atoms with Gasteiger partial charge in [0.1, 0.15) is 11.4 Å². The van der Waals surface area contributed by atoms with Crippen molar-refractivity contribution >= 4 is 5.97 Å². The minimum atomic E-state index is -1.03. The number of hydrogen-bond donors (Lipinski definition) is 1. The number of para-hydroxylation sites is 1. The molecule has 110 valence electrons. The largest absolute Gasteiger partial charge is 0.487 e. The first-order valence-electron chi connectivity index (χ1n) is 6.96. The zero-order valence-electron chi connectivity index (χ0n) is 12.4. The highest BCUT2D eigenvalue weighted by molar-refractivity contribution is 5.87. The molecule has 0 radical (unpaired) electrons. The number of fused-ring (bicyclic) bond motifs is 1. The number of aromatic carboxylic acids is 1. The number of rotatable bonds is 2. The molecule has 0 bridgehead atoms. The first-order valence-corrected chi connectivity index (χ1v) is 6.96. The van der Waals surface area contributed by atoms with Crippen LogP contribution in [0.25, 0.3) is 11.3 Å². The Morgan fingerprint density at radius 3 is 2.86 bits per heavy atom. The number of aryl methyl sites for hydroxylation is 2. The molecule has 1 N–H and O–H groups in total. The van der Waals surface area contributed by atoms with Gasteiger partial charge in [-0.05, 0) is 44.4 Å². The average molecular weight is 286 g/mol. The molecule has 5 heteroatoms. The van der Waals surface area contributed by atoms with Crippen LogP contribution in [0.2, 0.25) is 0 Å². The summed E-state index contributed by atoms with van der Waals surface area (Å²) in [6, 6.07) is 7.57. The van der Waals surface area contributed by atoms with Crippen molar-refractivity contribution < 1.29 is 14.6 Å². The molecule has 0 aliphatic carbocycles. The van der Waals surface area contributed by atoms with Crippen molar-refractivity contribution in [2.75, 3.05) is 0 Å². The van der Waals surface area contributed by atoms with Crippen LogP contribution in [0.3, 0.4) is 0 Å². The van der Waals surface area contributed by atoms with Crippen LogP contribution in [-0.4, -0.2) is 26.5 Å². The van der Waals surface area contributed by atoms with Gasteiger partial charge in [-0.1, -0.05) is 12.1 Å². The lowest BCUT2D eigenvalue weighted by atomic mass is 9.92. The maximum Gasteiger partial charge on any atom is 0.356 e. The number of carboxylic acids is 1. The van der Waals surface area contributed by atoms with Gasteiger partial charge >= 0.3 is 5.97 Å². The van der Waals surface area contributed by atoms with Crippen LogP contribution in [0.5, 0.6) is 5.75 Å². The molecule has 0 spiro atoms. The highest BCUT2D eigenvalue weighted by Crippen LogP contribution is 2.40. The van der Waals surface area contributed by atoms with Gasteiger partial charge in [-0.15, -0.1) is 0 Å². The fourth-order valence-corrected chi connectivity index (χ4v) is 2.69. The first-order chi connectivity index (χ1) is 9.87. The van der Waals surface area contributed by atoms with Gasteiger partial charge in [0.05, 0.1) is 5.69 Å². The predicted octanol–water partition coefficient (Wildman–Crippen LogP) is 2.89. The Kier molecular flexibility index (Phi) is 3.01. The van der Waals surface area contributed by atoms with Crippen LogP contribution >= 0.6 is 0 Å². The lowest BCUT2D eigenvalue weighted by molar-refractivity contribution is 0.0689. The number of aromatic nitrogens is 2. The third kappa shape index (κ3) is 2.39. The minimum Gasteiger partial charge on any atom is -0.487 e. The summed E-state index contributed by atoms with van der Waals surface area (Å²) in [5, 5.41) is 13.1. The van der Waals surface area contributed by atoms with Gasteiger partial charge in [0.2, 0.25) is 0 Å². The molecule has 1 aromatic carbocycles. The third-order valence-corrected chi connectivity index (χ3v) is 3.85. The normalized spacial score (nSPS) is 16.1. The van der Waals surface area contributed by atoms with Crippen LogP contribution < -0.4 is 4.74 Å². The molecule has 1 aliphatic heterocycles. The summed E-state index contributed by atoms with van der Waals surface area (Å²) in [6.07, 6.45) is 1.93. The molecule has 2 heterocycles. The van der Waals surface area contributed by atoms with E-state index in [9.17, 15) is 4.79 Å². The summed E-state index contributed by atoms with van der Waals surface area (Å²) in [6.45, 7) is 4.14. The van der Waals surface area contributed by atoms with Gasteiger partial charge in [-0.25, -0.2) is 4.79 Å². The Morgan fingerprint density at radius 1 is 1.43 bits per heavy atom. The van der Waals surface area contributed by atoms with E-state index in [1.807, 2.05) is 12.1 Å². The number of hydrogen-bond acceptors (Lipinski definition) is 3. The SMILES string of the molecule is Cn1nc(C(=O)O)cc1-c1cccc2c1OC(C)(C)CC2. The van der Waals surface area contributed by atoms with Crippen LogP contribution in [0.15, 0.2) is 24.3 Å². The number of benzene rings is 1. The monoisotopic (exact) mass is 286 g/mol. The highest BCUT2D eigenvalue weighted by Gasteiger charge is 2.29. The van der Waals surface area contributed by atoms with Gasteiger partial charge in [0.15, 0.2) is 5.69 Å². The lowest BCUT2D eigenvalue weighted by Gasteiger charge is -2.33. The maximum atomic E-state index is 11.1. The summed E-state index contributed by atoms with van der Waals surface area (Å²) in [7, 11) is 1.75. The fraction of sp³-hybridized carbons (Fsp3) is 0.375. The summed E-state index contributed by atoms with van der Waals surface area (Å²) in [5.74, 6) is -0.184. The molecule has 5 nitrogen and oxygen atoms in total. The Labute approximate surface area is 123 Å². The van der Waals surface area contributed by atoms with Crippen molar-refractivity contribution in [2.24, 2.45) is 7.05 Å². The van der Waals surface area contributed by atoms with Crippen molar-refractivity contribution in [3.05, 3.63) is 35.5 Å². The molecular formula is C16H18N2O3. The van der Waals surface area contributed by atoms with E-state index in [-0.39, 0.29) is 11.3 Å². The second-order valence-corrected chi connectivity index (χ2v) is 6.00. The number of ether oxygens (including phenoxy) is 1. The summed E-state index contributed by atoms with van der Waals surface area (Å²) in [4.78, 5) is 11.1. The third-order valence-electron chi connectivity index (χ3n) is 3.85. The van der Waals surface area contributed by atoms with Crippen LogP contribution in [-0.2, 0) is 13.5 Å². The van der Waals surface area contributed by atoms with E-state index < -0.39 is 5.97 Å². The summed E-state index contributed by atoms with van der Waals surface area (Å²) in [5.41, 5.74) is 2.63. The number of carbonyl (C=O) groups is 1. The van der Waals surface area contributed by atoms with Crippen molar-refractivity contribution in [3.63, 3.8) is 0 Å². The van der Waals surface area contributed by atoms with E-state index >= 15 is 0 Å². The second-order valence-electron chi connectivity index (χ2n) is 6.00. The predicted molar refractivity (Wildman–Crippen MR) is 78.6 cm³/mol. The van der Waals surface area contributed by atoms with Gasteiger partial charge in [-0.3, -0.25) is 4.68 Å². The second kappa shape index (κ2) is 4.62. The Balaban J connectivity index is 2.14. The van der Waals surface area contributed by atoms with Crippen molar-refractivity contribution in [3.8, 4) is 17.0 Å². The van der Waals surface area contributed by atoms with Gasteiger partial charge in [0.25, 0.3) is 0 Å². The highest BCUT2D eigenvalue weighted by atomic mass is 16.5. The zero-order chi connectivity index (χ0) is 15.2. The average Bonchev–Trinajstić information content (AvgIpc) is 2.79. The van der Waals surface area contributed by atoms with Gasteiger partial charge < -0.3 is 9.84 Å². The van der Waals surface area contributed by atoms with Crippen molar-refractivity contribution in [1.82, 2.24) is 9.78 Å². The van der Waals surface area contributed by atoms with Crippen molar-refractivity contribution in [2.45, 2.75) is 32.3 Å². The van der Waals surface area contributed by atoms with E-state index in [0.29, 0.717) is 0 Å². The molecule has 1 aromatic heterocycles. The zero-order valence-corrected chi connectivity index (χ0v) is 12.4. The van der Waals surface area contributed by atoms with Crippen molar-refractivity contribution in [1.29, 1.82) is 0 Å². The standard InChI is InChI=1S/C16H18N2O3/c1-16(2)8-7-10-5-4-6-11(14(10)21-16)13-9-12(15(19)20)17-18(13)3/h4-6,9H,7-8H2,1-3H3,(H,19,20). The number of carboxylic acid groups (broad SMARTS) is 1. The number of nitrogens with zero attached hydrogens (tertiary/aromatic N) is 2. The van der Waals surface area contributed by atoms with Crippen LogP contribution in [0, 0.1) is 0 Å². The summed E-state index contributed by atoms with van der Waals surface area (Å²) >= 11 is 0. The van der Waals surface area contributed by atoms with E-state index in [1.165, 1.54) is 0 Å². The molecule has 0 saturated heterocycles. The van der Waals surface area contributed by atoms with Crippen LogP contribution in [0.4, 0.5) is 0 Å². The smallest absolute Gasteiger partial charge is 0.356 e. The minimum absolute atomic E-state index is 0.0418. The Bertz CT molecular complexity index is 716.